The van der Waals surface area contributed by atoms with E-state index >= 15 is 0 Å². The van der Waals surface area contributed by atoms with Gasteiger partial charge in [0, 0.05) is 32.5 Å². The van der Waals surface area contributed by atoms with Gasteiger partial charge in [-0.1, -0.05) is 0 Å². The number of hydrogen-bond acceptors (Lipinski definition) is 4. The van der Waals surface area contributed by atoms with Crippen LogP contribution in [-0.4, -0.2) is 31.7 Å². The lowest BCUT2D eigenvalue weighted by molar-refractivity contribution is 0.103. The Labute approximate surface area is 92.7 Å². The molecule has 0 spiro atoms. The first-order valence-corrected chi connectivity index (χ1v) is 4.96. The molecule has 2 N–H and O–H groups in total. The maximum absolute atomic E-state index is 11.9. The van der Waals surface area contributed by atoms with Crippen LogP contribution in [0.25, 0.3) is 0 Å². The maximum atomic E-state index is 11.9. The molecule has 2 aromatic heterocycles. The minimum Gasteiger partial charge on any atom is -0.335 e. The highest BCUT2D eigenvalue weighted by Crippen LogP contribution is 2.06. The van der Waals surface area contributed by atoms with Crippen LogP contribution in [-0.2, 0) is 13.6 Å². The average molecular weight is 219 g/mol. The van der Waals surface area contributed by atoms with E-state index in [0.29, 0.717) is 24.3 Å². The van der Waals surface area contributed by atoms with Gasteiger partial charge in [-0.3, -0.25) is 9.48 Å². The Kier molecular flexibility index (Phi) is 2.82. The molecule has 2 heterocycles. The summed E-state index contributed by atoms with van der Waals surface area (Å²) in [6, 6.07) is 0. The van der Waals surface area contributed by atoms with Crippen LogP contribution < -0.4 is 5.73 Å². The van der Waals surface area contributed by atoms with Gasteiger partial charge in [0.1, 0.15) is 5.69 Å². The largest absolute Gasteiger partial charge is 0.335 e. The van der Waals surface area contributed by atoms with Crippen molar-refractivity contribution in [3.63, 3.8) is 0 Å². The molecule has 6 nitrogen and oxygen atoms in total. The predicted octanol–water partition coefficient (Wildman–Crippen LogP) is -0.194. The van der Waals surface area contributed by atoms with Crippen molar-refractivity contribution in [1.82, 2.24) is 19.3 Å². The van der Waals surface area contributed by atoms with Gasteiger partial charge in [0.25, 0.3) is 0 Å². The van der Waals surface area contributed by atoms with E-state index in [2.05, 4.69) is 10.1 Å². The van der Waals surface area contributed by atoms with Crippen molar-refractivity contribution in [1.29, 1.82) is 0 Å². The third-order valence-corrected chi connectivity index (χ3v) is 2.22. The van der Waals surface area contributed by atoms with Gasteiger partial charge in [-0.15, -0.1) is 0 Å². The van der Waals surface area contributed by atoms with Crippen molar-refractivity contribution >= 4 is 5.78 Å². The highest BCUT2D eigenvalue weighted by molar-refractivity contribution is 6.07. The van der Waals surface area contributed by atoms with Crippen LogP contribution >= 0.6 is 0 Å². The van der Waals surface area contributed by atoms with Gasteiger partial charge in [0.05, 0.1) is 18.1 Å². The molecule has 16 heavy (non-hydrogen) atoms. The van der Waals surface area contributed by atoms with Gasteiger partial charge in [0.15, 0.2) is 0 Å². The molecule has 0 atom stereocenters. The molecule has 0 amide bonds. The molecule has 0 aromatic carbocycles. The summed E-state index contributed by atoms with van der Waals surface area (Å²) in [5.74, 6) is -0.121. The number of carbonyl (C=O) groups is 1. The molecule has 0 aliphatic heterocycles. The van der Waals surface area contributed by atoms with Crippen molar-refractivity contribution in [2.24, 2.45) is 12.8 Å². The third kappa shape index (κ3) is 2.01. The molecule has 6 heteroatoms. The zero-order valence-electron chi connectivity index (χ0n) is 9.00. The highest BCUT2D eigenvalue weighted by atomic mass is 16.1. The number of nitrogens with two attached hydrogens (primary N) is 1. The van der Waals surface area contributed by atoms with Gasteiger partial charge in [-0.05, 0) is 0 Å². The normalized spacial score (nSPS) is 10.6. The van der Waals surface area contributed by atoms with E-state index < -0.39 is 0 Å². The molecule has 0 radical (unpaired) electrons. The van der Waals surface area contributed by atoms with Gasteiger partial charge in [-0.2, -0.15) is 5.10 Å². The fourth-order valence-corrected chi connectivity index (χ4v) is 1.44. The first kappa shape index (κ1) is 10.6. The average Bonchev–Trinajstić information content (AvgIpc) is 2.87. The van der Waals surface area contributed by atoms with Crippen LogP contribution in [0.1, 0.15) is 16.1 Å². The Hall–Kier alpha value is -1.95. The first-order valence-electron chi connectivity index (χ1n) is 4.96. The van der Waals surface area contributed by atoms with E-state index in [0.717, 1.165) is 0 Å². The van der Waals surface area contributed by atoms with Crippen LogP contribution in [0.2, 0.25) is 0 Å². The van der Waals surface area contributed by atoms with Gasteiger partial charge in [0.2, 0.25) is 5.78 Å². The Morgan fingerprint density at radius 1 is 1.50 bits per heavy atom. The van der Waals surface area contributed by atoms with Crippen LogP contribution in [0, 0.1) is 0 Å². The summed E-state index contributed by atoms with van der Waals surface area (Å²) in [5.41, 5.74) is 6.37. The van der Waals surface area contributed by atoms with Crippen LogP contribution in [0.3, 0.4) is 0 Å². The number of nitrogens with zero attached hydrogens (tertiary/aromatic N) is 4. The quantitative estimate of drug-likeness (QED) is 0.723. The number of rotatable bonds is 4. The molecule has 0 saturated carbocycles. The summed E-state index contributed by atoms with van der Waals surface area (Å²) in [7, 11) is 1.77. The fraction of sp³-hybridized carbons (Fsp3) is 0.300. The van der Waals surface area contributed by atoms with Gasteiger partial charge < -0.3 is 10.3 Å². The topological polar surface area (TPSA) is 78.7 Å². The van der Waals surface area contributed by atoms with E-state index in [1.807, 2.05) is 0 Å². The second kappa shape index (κ2) is 4.28. The smallest absolute Gasteiger partial charge is 0.216 e. The number of aryl methyl sites for hydroxylation is 1. The van der Waals surface area contributed by atoms with Crippen LogP contribution in [0.4, 0.5) is 0 Å². The molecular formula is C10H13N5O. The molecule has 0 saturated heterocycles. The van der Waals surface area contributed by atoms with Crippen molar-refractivity contribution < 1.29 is 4.79 Å². The minimum atomic E-state index is -0.121. The van der Waals surface area contributed by atoms with Crippen LogP contribution in [0.5, 0.6) is 0 Å². The van der Waals surface area contributed by atoms with Crippen molar-refractivity contribution in [2.45, 2.75) is 6.54 Å². The fourth-order valence-electron chi connectivity index (χ4n) is 1.44. The molecule has 2 aromatic rings. The lowest BCUT2D eigenvalue weighted by Crippen LogP contribution is -2.08. The number of aromatic nitrogens is 4. The lowest BCUT2D eigenvalue weighted by Gasteiger charge is -1.95. The van der Waals surface area contributed by atoms with E-state index in [1.54, 1.807) is 35.0 Å². The number of imidazole rings is 1. The Balaban J connectivity index is 2.20. The molecule has 2 rings (SSSR count). The lowest BCUT2D eigenvalue weighted by atomic mass is 10.2. The van der Waals surface area contributed by atoms with Gasteiger partial charge >= 0.3 is 0 Å². The van der Waals surface area contributed by atoms with Gasteiger partial charge in [-0.25, -0.2) is 4.98 Å². The molecule has 0 unspecified atom stereocenters. The second-order valence-electron chi connectivity index (χ2n) is 3.52. The third-order valence-electron chi connectivity index (χ3n) is 2.22. The molecule has 0 bridgehead atoms. The zero-order valence-corrected chi connectivity index (χ0v) is 9.00. The van der Waals surface area contributed by atoms with Crippen molar-refractivity contribution in [3.8, 4) is 0 Å². The molecule has 0 fully saturated rings. The Morgan fingerprint density at radius 2 is 2.31 bits per heavy atom. The Bertz CT molecular complexity index is 499. The molecule has 0 aliphatic carbocycles. The van der Waals surface area contributed by atoms with E-state index in [-0.39, 0.29) is 5.78 Å². The second-order valence-corrected chi connectivity index (χ2v) is 3.52. The summed E-state index contributed by atoms with van der Waals surface area (Å²) < 4.78 is 3.38. The summed E-state index contributed by atoms with van der Waals surface area (Å²) in [5, 5.41) is 3.95. The number of ketones is 1. The SMILES string of the molecule is Cn1cc(C(=O)c2cn(CCN)cn2)cn1. The molecule has 0 aliphatic rings. The molecular weight excluding hydrogens is 206 g/mol. The molecule has 84 valence electrons. The zero-order chi connectivity index (χ0) is 11.5. The van der Waals surface area contributed by atoms with Crippen molar-refractivity contribution in [3.05, 3.63) is 36.2 Å². The summed E-state index contributed by atoms with van der Waals surface area (Å²) in [4.78, 5) is 16.0. The summed E-state index contributed by atoms with van der Waals surface area (Å²) in [6.45, 7) is 1.18. The Morgan fingerprint density at radius 3 is 2.94 bits per heavy atom. The summed E-state index contributed by atoms with van der Waals surface area (Å²) >= 11 is 0. The highest BCUT2D eigenvalue weighted by Gasteiger charge is 2.13. The maximum Gasteiger partial charge on any atom is 0.216 e. The standard InChI is InChI=1S/C10H13N5O/c1-14-5-8(4-13-14)10(16)9-6-15(3-2-11)7-12-9/h4-7H,2-3,11H2,1H3. The predicted molar refractivity (Wildman–Crippen MR) is 57.9 cm³/mol. The summed E-state index contributed by atoms with van der Waals surface area (Å²) in [6.07, 6.45) is 6.51. The van der Waals surface area contributed by atoms with E-state index in [1.165, 1.54) is 6.20 Å². The number of hydrogen-bond donors (Lipinski definition) is 1. The van der Waals surface area contributed by atoms with Crippen LogP contribution in [0.15, 0.2) is 24.9 Å². The minimum absolute atomic E-state index is 0.121. The van der Waals surface area contributed by atoms with E-state index in [9.17, 15) is 4.79 Å². The first-order chi connectivity index (χ1) is 7.70. The van der Waals surface area contributed by atoms with Crippen molar-refractivity contribution in [2.75, 3.05) is 6.54 Å². The monoisotopic (exact) mass is 219 g/mol. The number of carbonyl (C=O) groups excluding carboxylic acids is 1. The van der Waals surface area contributed by atoms with E-state index in [4.69, 9.17) is 5.73 Å².